The summed E-state index contributed by atoms with van der Waals surface area (Å²) in [6, 6.07) is 2.25. The van der Waals surface area contributed by atoms with Gasteiger partial charge in [0.1, 0.15) is 0 Å². The Morgan fingerprint density at radius 2 is 2.26 bits per heavy atom. The first-order chi connectivity index (χ1) is 9.26. The molecule has 19 heavy (non-hydrogen) atoms. The highest BCUT2D eigenvalue weighted by Gasteiger charge is 2.28. The second-order valence-corrected chi connectivity index (χ2v) is 7.02. The van der Waals surface area contributed by atoms with Crippen molar-refractivity contribution in [3.63, 3.8) is 0 Å². The molecule has 0 aromatic carbocycles. The number of unbranched alkanes of at least 4 members (excludes halogenated alkanes) is 1. The summed E-state index contributed by atoms with van der Waals surface area (Å²) < 4.78 is 0. The lowest BCUT2D eigenvalue weighted by molar-refractivity contribution is 0.103. The van der Waals surface area contributed by atoms with Crippen LogP contribution in [0.2, 0.25) is 0 Å². The quantitative estimate of drug-likeness (QED) is 0.733. The molecule has 0 saturated heterocycles. The van der Waals surface area contributed by atoms with Gasteiger partial charge in [0.15, 0.2) is 0 Å². The van der Waals surface area contributed by atoms with E-state index in [1.807, 2.05) is 11.3 Å². The fourth-order valence-corrected chi connectivity index (χ4v) is 4.41. The molecule has 0 aliphatic heterocycles. The van der Waals surface area contributed by atoms with E-state index in [1.165, 1.54) is 55.4 Å². The topological polar surface area (TPSA) is 20.2 Å². The van der Waals surface area contributed by atoms with Gasteiger partial charge in [0.05, 0.1) is 6.10 Å². The van der Waals surface area contributed by atoms with Crippen LogP contribution in [0.1, 0.15) is 75.2 Å². The van der Waals surface area contributed by atoms with E-state index in [0.29, 0.717) is 11.8 Å². The van der Waals surface area contributed by atoms with Crippen molar-refractivity contribution in [3.8, 4) is 0 Å². The first-order valence-electron chi connectivity index (χ1n) is 8.00. The van der Waals surface area contributed by atoms with Gasteiger partial charge in [-0.2, -0.15) is 0 Å². The van der Waals surface area contributed by atoms with Crippen molar-refractivity contribution in [1.29, 1.82) is 0 Å². The van der Waals surface area contributed by atoms with E-state index in [2.05, 4.69) is 25.3 Å². The van der Waals surface area contributed by atoms with Crippen molar-refractivity contribution >= 4 is 11.3 Å². The molecule has 0 amide bonds. The third-order valence-corrected chi connectivity index (χ3v) is 5.68. The molecule has 1 aliphatic rings. The number of thiophene rings is 1. The van der Waals surface area contributed by atoms with Gasteiger partial charge >= 0.3 is 0 Å². The number of aliphatic hydroxyl groups excluding tert-OH is 1. The predicted molar refractivity (Wildman–Crippen MR) is 83.9 cm³/mol. The van der Waals surface area contributed by atoms with Gasteiger partial charge in [-0.15, -0.1) is 11.3 Å². The molecule has 0 fully saturated rings. The molecule has 2 heteroatoms. The van der Waals surface area contributed by atoms with Crippen LogP contribution >= 0.6 is 11.3 Å². The van der Waals surface area contributed by atoms with Gasteiger partial charge in [-0.25, -0.2) is 0 Å². The van der Waals surface area contributed by atoms with E-state index < -0.39 is 0 Å². The van der Waals surface area contributed by atoms with Crippen molar-refractivity contribution in [2.75, 3.05) is 0 Å². The lowest BCUT2D eigenvalue weighted by Crippen LogP contribution is -2.24. The molecular weight excluding hydrogens is 252 g/mol. The molecule has 3 atom stereocenters. The highest BCUT2D eigenvalue weighted by atomic mass is 32.1. The Balaban J connectivity index is 1.95. The SMILES string of the molecule is CCCCC(CC)CC(O)C1CCCc2sccc21. The van der Waals surface area contributed by atoms with Crippen LogP contribution in [0.25, 0.3) is 0 Å². The number of rotatable bonds is 7. The number of aryl methyl sites for hydroxylation is 1. The Hall–Kier alpha value is -0.340. The molecule has 1 aliphatic carbocycles. The average Bonchev–Trinajstić information content (AvgIpc) is 2.91. The molecule has 3 unspecified atom stereocenters. The summed E-state index contributed by atoms with van der Waals surface area (Å²) in [5.41, 5.74) is 1.45. The highest BCUT2D eigenvalue weighted by molar-refractivity contribution is 7.10. The summed E-state index contributed by atoms with van der Waals surface area (Å²) in [5.74, 6) is 1.12. The molecule has 0 radical (unpaired) electrons. The van der Waals surface area contributed by atoms with Crippen LogP contribution in [0.3, 0.4) is 0 Å². The summed E-state index contributed by atoms with van der Waals surface area (Å²) >= 11 is 1.87. The van der Waals surface area contributed by atoms with E-state index in [4.69, 9.17) is 0 Å². The zero-order chi connectivity index (χ0) is 13.7. The summed E-state index contributed by atoms with van der Waals surface area (Å²) in [6.45, 7) is 4.52. The van der Waals surface area contributed by atoms with E-state index in [9.17, 15) is 5.11 Å². The second kappa shape index (κ2) is 7.44. The van der Waals surface area contributed by atoms with Crippen molar-refractivity contribution in [2.45, 2.75) is 77.2 Å². The van der Waals surface area contributed by atoms with Crippen LogP contribution in [0.15, 0.2) is 11.4 Å². The van der Waals surface area contributed by atoms with Gasteiger partial charge in [-0.05, 0) is 48.6 Å². The molecule has 1 heterocycles. The number of fused-ring (bicyclic) bond motifs is 1. The Labute approximate surface area is 122 Å². The molecule has 1 aromatic heterocycles. The maximum absolute atomic E-state index is 10.6. The summed E-state index contributed by atoms with van der Waals surface area (Å²) in [6.07, 6.45) is 9.59. The molecule has 0 bridgehead atoms. The minimum Gasteiger partial charge on any atom is -0.392 e. The molecule has 1 aromatic rings. The maximum Gasteiger partial charge on any atom is 0.0611 e. The fourth-order valence-electron chi connectivity index (χ4n) is 3.41. The van der Waals surface area contributed by atoms with Gasteiger partial charge in [-0.3, -0.25) is 0 Å². The third kappa shape index (κ3) is 3.82. The maximum atomic E-state index is 10.6. The minimum atomic E-state index is -0.129. The van der Waals surface area contributed by atoms with Gasteiger partial charge in [0.2, 0.25) is 0 Å². The summed E-state index contributed by atoms with van der Waals surface area (Å²) in [7, 11) is 0. The van der Waals surface area contributed by atoms with E-state index in [1.54, 1.807) is 0 Å². The Bertz CT molecular complexity index is 371. The van der Waals surface area contributed by atoms with Crippen LogP contribution in [-0.4, -0.2) is 11.2 Å². The first kappa shape index (κ1) is 15.1. The van der Waals surface area contributed by atoms with E-state index >= 15 is 0 Å². The Morgan fingerprint density at radius 3 is 3.00 bits per heavy atom. The molecule has 0 spiro atoms. The average molecular weight is 280 g/mol. The monoisotopic (exact) mass is 280 g/mol. The highest BCUT2D eigenvalue weighted by Crippen LogP contribution is 2.39. The van der Waals surface area contributed by atoms with E-state index in [-0.39, 0.29) is 6.10 Å². The Kier molecular flexibility index (Phi) is 5.90. The number of hydrogen-bond acceptors (Lipinski definition) is 2. The van der Waals surface area contributed by atoms with Crippen LogP contribution in [-0.2, 0) is 6.42 Å². The van der Waals surface area contributed by atoms with Crippen molar-refractivity contribution in [1.82, 2.24) is 0 Å². The fraction of sp³-hybridized carbons (Fsp3) is 0.765. The number of aliphatic hydroxyl groups is 1. The van der Waals surface area contributed by atoms with Gasteiger partial charge in [0.25, 0.3) is 0 Å². The smallest absolute Gasteiger partial charge is 0.0611 e. The molecule has 2 rings (SSSR count). The van der Waals surface area contributed by atoms with Gasteiger partial charge in [0, 0.05) is 10.8 Å². The second-order valence-electron chi connectivity index (χ2n) is 6.02. The van der Waals surface area contributed by atoms with Gasteiger partial charge < -0.3 is 5.11 Å². The van der Waals surface area contributed by atoms with Crippen molar-refractivity contribution in [2.24, 2.45) is 5.92 Å². The lowest BCUT2D eigenvalue weighted by atomic mass is 9.79. The Morgan fingerprint density at radius 1 is 1.42 bits per heavy atom. The normalized spacial score (nSPS) is 21.9. The largest absolute Gasteiger partial charge is 0.392 e. The molecular formula is C17H28OS. The first-order valence-corrected chi connectivity index (χ1v) is 8.88. The van der Waals surface area contributed by atoms with Crippen LogP contribution < -0.4 is 0 Å². The molecule has 108 valence electrons. The zero-order valence-electron chi connectivity index (χ0n) is 12.4. The summed E-state index contributed by atoms with van der Waals surface area (Å²) in [4.78, 5) is 1.52. The molecule has 1 nitrogen and oxygen atoms in total. The summed E-state index contributed by atoms with van der Waals surface area (Å²) in [5, 5.41) is 12.8. The van der Waals surface area contributed by atoms with Crippen LogP contribution in [0, 0.1) is 5.92 Å². The standard InChI is InChI=1S/C17H28OS/c1-3-5-7-13(4-2)12-16(18)14-8-6-9-17-15(14)10-11-19-17/h10-11,13-14,16,18H,3-9,12H2,1-2H3. The van der Waals surface area contributed by atoms with Crippen LogP contribution in [0.4, 0.5) is 0 Å². The van der Waals surface area contributed by atoms with Gasteiger partial charge in [-0.1, -0.05) is 39.5 Å². The predicted octanol–water partition coefficient (Wildman–Crippen LogP) is 5.14. The zero-order valence-corrected chi connectivity index (χ0v) is 13.2. The van der Waals surface area contributed by atoms with E-state index in [0.717, 1.165) is 6.42 Å². The van der Waals surface area contributed by atoms with Crippen molar-refractivity contribution < 1.29 is 5.11 Å². The van der Waals surface area contributed by atoms with Crippen molar-refractivity contribution in [3.05, 3.63) is 21.9 Å². The number of hydrogen-bond donors (Lipinski definition) is 1. The lowest BCUT2D eigenvalue weighted by Gasteiger charge is -2.29. The molecule has 0 saturated carbocycles. The third-order valence-electron chi connectivity index (χ3n) is 4.68. The minimum absolute atomic E-state index is 0.129. The molecule has 1 N–H and O–H groups in total. The van der Waals surface area contributed by atoms with Crippen LogP contribution in [0.5, 0.6) is 0 Å².